The second kappa shape index (κ2) is 8.76. The Labute approximate surface area is 95.5 Å². The molecular weight excluding hydrogens is 180 g/mol. The second-order valence-electron chi connectivity index (χ2n) is 4.49. The van der Waals surface area contributed by atoms with Crippen LogP contribution in [0.5, 0.6) is 0 Å². The molecular formula is C15H25. The fourth-order valence-corrected chi connectivity index (χ4v) is 2.02. The monoisotopic (exact) mass is 205 g/mol. The lowest BCUT2D eigenvalue weighted by Crippen LogP contribution is -1.90. The van der Waals surface area contributed by atoms with Gasteiger partial charge in [0.25, 0.3) is 0 Å². The Morgan fingerprint density at radius 1 is 0.867 bits per heavy atom. The molecule has 0 bridgehead atoms. The Hall–Kier alpha value is -0.520. The Balaban J connectivity index is 1.77. The normalized spacial score (nSPS) is 15.3. The van der Waals surface area contributed by atoms with Gasteiger partial charge in [0.05, 0.1) is 0 Å². The van der Waals surface area contributed by atoms with Gasteiger partial charge in [-0.2, -0.15) is 0 Å². The summed E-state index contributed by atoms with van der Waals surface area (Å²) >= 11 is 0. The molecule has 0 heteroatoms. The van der Waals surface area contributed by atoms with E-state index in [1.807, 2.05) is 0 Å². The van der Waals surface area contributed by atoms with Gasteiger partial charge in [-0.1, -0.05) is 76.2 Å². The van der Waals surface area contributed by atoms with Crippen LogP contribution in [0.4, 0.5) is 0 Å². The number of rotatable bonds is 9. The highest BCUT2D eigenvalue weighted by Crippen LogP contribution is 2.17. The van der Waals surface area contributed by atoms with E-state index in [1.54, 1.807) is 0 Å². The molecule has 0 amide bonds. The van der Waals surface area contributed by atoms with Crippen molar-refractivity contribution in [2.45, 2.75) is 58.3 Å². The van der Waals surface area contributed by atoms with Crippen LogP contribution in [0.2, 0.25) is 0 Å². The summed E-state index contributed by atoms with van der Waals surface area (Å²) in [6, 6.07) is 0. The summed E-state index contributed by atoms with van der Waals surface area (Å²) in [7, 11) is 0. The van der Waals surface area contributed by atoms with E-state index in [-0.39, 0.29) is 0 Å². The van der Waals surface area contributed by atoms with Crippen molar-refractivity contribution in [2.24, 2.45) is 5.92 Å². The molecule has 0 heterocycles. The summed E-state index contributed by atoms with van der Waals surface area (Å²) in [4.78, 5) is 0. The van der Waals surface area contributed by atoms with Crippen LogP contribution in [0.1, 0.15) is 58.3 Å². The van der Waals surface area contributed by atoms with E-state index in [2.05, 4.69) is 37.6 Å². The van der Waals surface area contributed by atoms with Gasteiger partial charge < -0.3 is 0 Å². The van der Waals surface area contributed by atoms with Crippen LogP contribution in [-0.2, 0) is 0 Å². The minimum atomic E-state index is 0.630. The molecule has 0 N–H and O–H groups in total. The minimum Gasteiger partial charge on any atom is -0.0773 e. The molecule has 0 saturated heterocycles. The molecule has 1 radical (unpaired) electrons. The topological polar surface area (TPSA) is 0 Å². The van der Waals surface area contributed by atoms with E-state index in [0.29, 0.717) is 5.92 Å². The summed E-state index contributed by atoms with van der Waals surface area (Å²) in [6.07, 6.45) is 22.4. The molecule has 0 unspecified atom stereocenters. The zero-order valence-electron chi connectivity index (χ0n) is 10.1. The first-order valence-corrected chi connectivity index (χ1v) is 6.62. The molecule has 0 aromatic rings. The number of allylic oxidation sites excluding steroid dienone is 4. The molecule has 85 valence electrons. The van der Waals surface area contributed by atoms with Crippen LogP contribution < -0.4 is 0 Å². The molecule has 0 nitrogen and oxygen atoms in total. The van der Waals surface area contributed by atoms with Gasteiger partial charge in [-0.25, -0.2) is 0 Å². The quantitative estimate of drug-likeness (QED) is 0.461. The maximum atomic E-state index is 2.44. The Bertz CT molecular complexity index is 176. The molecule has 1 aliphatic rings. The van der Waals surface area contributed by atoms with Crippen molar-refractivity contribution in [3.63, 3.8) is 0 Å². The predicted octanol–water partition coefficient (Wildman–Crippen LogP) is 5.07. The summed E-state index contributed by atoms with van der Waals surface area (Å²) in [5.74, 6) is 0.630. The van der Waals surface area contributed by atoms with Gasteiger partial charge in [-0.15, -0.1) is 0 Å². The van der Waals surface area contributed by atoms with E-state index in [0.717, 1.165) is 0 Å². The zero-order valence-corrected chi connectivity index (χ0v) is 10.1. The van der Waals surface area contributed by atoms with E-state index in [9.17, 15) is 0 Å². The van der Waals surface area contributed by atoms with Crippen molar-refractivity contribution in [3.05, 3.63) is 30.7 Å². The summed E-state index contributed by atoms with van der Waals surface area (Å²) in [5.41, 5.74) is 0. The average molecular weight is 205 g/mol. The Kier molecular flexibility index (Phi) is 7.33. The van der Waals surface area contributed by atoms with Crippen molar-refractivity contribution in [1.29, 1.82) is 0 Å². The van der Waals surface area contributed by atoms with Gasteiger partial charge in [0, 0.05) is 0 Å². The number of unbranched alkanes of at least 4 members (excludes halogenated alkanes) is 7. The molecule has 0 aliphatic heterocycles. The number of hydrogen-bond acceptors (Lipinski definition) is 0. The molecule has 0 aromatic carbocycles. The van der Waals surface area contributed by atoms with Crippen LogP contribution in [0.3, 0.4) is 0 Å². The van der Waals surface area contributed by atoms with Crippen molar-refractivity contribution in [1.82, 2.24) is 0 Å². The Morgan fingerprint density at radius 3 is 2.13 bits per heavy atom. The second-order valence-corrected chi connectivity index (χ2v) is 4.49. The van der Waals surface area contributed by atoms with Gasteiger partial charge in [0.1, 0.15) is 0 Å². The predicted molar refractivity (Wildman–Crippen MR) is 68.7 cm³/mol. The summed E-state index contributed by atoms with van der Waals surface area (Å²) in [5, 5.41) is 0. The van der Waals surface area contributed by atoms with E-state index < -0.39 is 0 Å². The highest BCUT2D eigenvalue weighted by Gasteiger charge is 2.02. The van der Waals surface area contributed by atoms with Crippen LogP contribution in [0.25, 0.3) is 0 Å². The van der Waals surface area contributed by atoms with Gasteiger partial charge >= 0.3 is 0 Å². The minimum absolute atomic E-state index is 0.630. The van der Waals surface area contributed by atoms with Crippen LogP contribution in [0.15, 0.2) is 24.3 Å². The third kappa shape index (κ3) is 6.54. The zero-order chi connectivity index (χ0) is 10.8. The van der Waals surface area contributed by atoms with E-state index in [4.69, 9.17) is 0 Å². The van der Waals surface area contributed by atoms with Gasteiger partial charge in [-0.3, -0.25) is 0 Å². The lowest BCUT2D eigenvalue weighted by Gasteiger charge is -2.04. The lowest BCUT2D eigenvalue weighted by atomic mass is 10.0. The molecule has 15 heavy (non-hydrogen) atoms. The fourth-order valence-electron chi connectivity index (χ4n) is 2.02. The summed E-state index contributed by atoms with van der Waals surface area (Å²) in [6.45, 7) is 2.28. The first-order chi connectivity index (χ1) is 7.43. The fraction of sp³-hybridized carbons (Fsp3) is 0.667. The van der Waals surface area contributed by atoms with Crippen molar-refractivity contribution < 1.29 is 0 Å². The van der Waals surface area contributed by atoms with E-state index >= 15 is 0 Å². The summed E-state index contributed by atoms with van der Waals surface area (Å²) < 4.78 is 0. The molecule has 1 rings (SSSR count). The lowest BCUT2D eigenvalue weighted by molar-refractivity contribution is 0.583. The highest BCUT2D eigenvalue weighted by molar-refractivity contribution is 5.20. The van der Waals surface area contributed by atoms with Crippen LogP contribution >= 0.6 is 0 Å². The maximum Gasteiger partial charge on any atom is -0.00160 e. The molecule has 0 saturated carbocycles. The molecule has 0 spiro atoms. The van der Waals surface area contributed by atoms with Crippen LogP contribution in [-0.4, -0.2) is 0 Å². The first kappa shape index (κ1) is 12.5. The molecule has 1 aliphatic carbocycles. The van der Waals surface area contributed by atoms with Crippen LogP contribution in [0, 0.1) is 12.3 Å². The SMILES string of the molecule is CCCCCCCCC[CH]C1C=CC=C1. The standard InChI is InChI=1S/C15H25/c1-2-3-4-5-6-7-8-9-12-15-13-10-11-14-15/h10-15H,2-9H2,1H3. The first-order valence-electron chi connectivity index (χ1n) is 6.62. The molecule has 0 aromatic heterocycles. The number of hydrogen-bond donors (Lipinski definition) is 0. The van der Waals surface area contributed by atoms with Gasteiger partial charge in [0.15, 0.2) is 0 Å². The smallest absolute Gasteiger partial charge is 0.00160 e. The third-order valence-electron chi connectivity index (χ3n) is 3.02. The average Bonchev–Trinajstić information content (AvgIpc) is 2.75. The largest absolute Gasteiger partial charge is 0.0773 e. The van der Waals surface area contributed by atoms with Gasteiger partial charge in [-0.05, 0) is 18.8 Å². The molecule has 0 fully saturated rings. The molecule has 0 atom stereocenters. The van der Waals surface area contributed by atoms with Crippen molar-refractivity contribution >= 4 is 0 Å². The third-order valence-corrected chi connectivity index (χ3v) is 3.02. The maximum absolute atomic E-state index is 2.44. The Morgan fingerprint density at radius 2 is 1.47 bits per heavy atom. The van der Waals surface area contributed by atoms with E-state index in [1.165, 1.54) is 51.4 Å². The van der Waals surface area contributed by atoms with Crippen molar-refractivity contribution in [3.8, 4) is 0 Å². The highest BCUT2D eigenvalue weighted by atomic mass is 14.1. The van der Waals surface area contributed by atoms with Crippen molar-refractivity contribution in [2.75, 3.05) is 0 Å². The van der Waals surface area contributed by atoms with Gasteiger partial charge in [0.2, 0.25) is 0 Å².